The maximum absolute atomic E-state index is 12.9. The fourth-order valence-corrected chi connectivity index (χ4v) is 4.73. The van der Waals surface area contributed by atoms with Crippen LogP contribution in [0.3, 0.4) is 0 Å². The summed E-state index contributed by atoms with van der Waals surface area (Å²) < 4.78 is 17.2. The Kier molecular flexibility index (Phi) is 6.76. The number of hydrogen-bond acceptors (Lipinski definition) is 8. The lowest BCUT2D eigenvalue weighted by atomic mass is 10.0. The van der Waals surface area contributed by atoms with Gasteiger partial charge in [0.15, 0.2) is 10.8 Å². The van der Waals surface area contributed by atoms with Crippen molar-refractivity contribution in [3.8, 4) is 5.75 Å². The summed E-state index contributed by atoms with van der Waals surface area (Å²) in [7, 11) is 0. The number of rotatable bonds is 6. The molecule has 2 saturated heterocycles. The summed E-state index contributed by atoms with van der Waals surface area (Å²) in [5, 5.41) is 11.7. The van der Waals surface area contributed by atoms with E-state index in [9.17, 15) is 9.59 Å². The number of carbonyl (C=O) groups is 2. The molecule has 0 saturated carbocycles. The van der Waals surface area contributed by atoms with E-state index in [4.69, 9.17) is 14.2 Å². The summed E-state index contributed by atoms with van der Waals surface area (Å²) in [6.07, 6.45) is 1.35. The van der Waals surface area contributed by atoms with Crippen molar-refractivity contribution in [1.82, 2.24) is 15.1 Å². The van der Waals surface area contributed by atoms with Gasteiger partial charge in [-0.1, -0.05) is 29.0 Å². The zero-order valence-corrected chi connectivity index (χ0v) is 20.2. The van der Waals surface area contributed by atoms with E-state index in [1.165, 1.54) is 11.3 Å². The van der Waals surface area contributed by atoms with Gasteiger partial charge in [0.25, 0.3) is 11.8 Å². The molecular weight excluding hydrogens is 468 g/mol. The molecule has 2 aromatic carbocycles. The van der Waals surface area contributed by atoms with Crippen LogP contribution in [0.15, 0.2) is 48.5 Å². The van der Waals surface area contributed by atoms with E-state index in [2.05, 4.69) is 15.5 Å². The minimum atomic E-state index is -0.512. The average Bonchev–Trinajstić information content (AvgIpc) is 3.54. The third-order valence-corrected chi connectivity index (χ3v) is 6.96. The number of piperidine rings is 1. The summed E-state index contributed by atoms with van der Waals surface area (Å²) in [6, 6.07) is 14.6. The van der Waals surface area contributed by atoms with Gasteiger partial charge in [0.2, 0.25) is 5.01 Å². The van der Waals surface area contributed by atoms with Crippen LogP contribution in [0.4, 0.5) is 5.69 Å². The Hall–Kier alpha value is -3.34. The molecule has 0 aliphatic carbocycles. The van der Waals surface area contributed by atoms with Crippen LogP contribution in [0.1, 0.15) is 43.6 Å². The van der Waals surface area contributed by atoms with Gasteiger partial charge in [-0.25, -0.2) is 0 Å². The molecule has 1 spiro atoms. The molecule has 35 heavy (non-hydrogen) atoms. The van der Waals surface area contributed by atoms with Crippen LogP contribution in [0.2, 0.25) is 0 Å². The van der Waals surface area contributed by atoms with Crippen molar-refractivity contribution >= 4 is 28.8 Å². The molecule has 10 heteroatoms. The van der Waals surface area contributed by atoms with Gasteiger partial charge >= 0.3 is 0 Å². The minimum Gasteiger partial charge on any atom is -0.486 e. The molecule has 3 heterocycles. The number of aromatic nitrogens is 2. The van der Waals surface area contributed by atoms with Gasteiger partial charge in [-0.05, 0) is 43.3 Å². The van der Waals surface area contributed by atoms with Gasteiger partial charge < -0.3 is 24.4 Å². The lowest BCUT2D eigenvalue weighted by Gasteiger charge is -2.37. The van der Waals surface area contributed by atoms with Crippen LogP contribution in [0.5, 0.6) is 5.75 Å². The Morgan fingerprint density at radius 3 is 2.40 bits per heavy atom. The minimum absolute atomic E-state index is 0.0435. The highest BCUT2D eigenvalue weighted by Crippen LogP contribution is 2.31. The molecule has 9 nitrogen and oxygen atoms in total. The number of likely N-dealkylation sites (tertiary alicyclic amines) is 1. The lowest BCUT2D eigenvalue weighted by Crippen LogP contribution is -2.47. The molecule has 2 amide bonds. The largest absolute Gasteiger partial charge is 0.486 e. The predicted octanol–water partition coefficient (Wildman–Crippen LogP) is 3.66. The number of hydrogen-bond donors (Lipinski definition) is 1. The van der Waals surface area contributed by atoms with Gasteiger partial charge in [0, 0.05) is 37.2 Å². The zero-order valence-electron chi connectivity index (χ0n) is 19.4. The SMILES string of the molecule is Cc1ccc(OCc2nnc(C(=O)Nc3ccc(C(=O)N4CCC5(CC4)OCCO5)cc3)s2)cc1. The van der Waals surface area contributed by atoms with Gasteiger partial charge in [-0.3, -0.25) is 9.59 Å². The van der Waals surface area contributed by atoms with Crippen molar-refractivity contribution < 1.29 is 23.8 Å². The van der Waals surface area contributed by atoms with E-state index < -0.39 is 5.79 Å². The monoisotopic (exact) mass is 494 g/mol. The molecule has 1 N–H and O–H groups in total. The Bertz CT molecular complexity index is 1180. The maximum atomic E-state index is 12.9. The van der Waals surface area contributed by atoms with Gasteiger partial charge in [-0.2, -0.15) is 0 Å². The van der Waals surface area contributed by atoms with E-state index >= 15 is 0 Å². The second kappa shape index (κ2) is 10.1. The standard InChI is InChI=1S/C25H26N4O5S/c1-17-2-8-20(9-3-17)32-16-21-27-28-23(35-21)22(30)26-19-6-4-18(5-7-19)24(31)29-12-10-25(11-13-29)33-14-15-34-25/h2-9H,10-16H2,1H3,(H,26,30). The number of ether oxygens (including phenoxy) is 3. The van der Waals surface area contributed by atoms with E-state index in [1.54, 1.807) is 24.3 Å². The molecule has 1 aromatic heterocycles. The molecule has 2 aliphatic rings. The predicted molar refractivity (Wildman–Crippen MR) is 130 cm³/mol. The van der Waals surface area contributed by atoms with Crippen LogP contribution < -0.4 is 10.1 Å². The number of amides is 2. The molecule has 3 aromatic rings. The van der Waals surface area contributed by atoms with Gasteiger partial charge in [0.1, 0.15) is 12.4 Å². The summed E-state index contributed by atoms with van der Waals surface area (Å²) in [5.74, 6) is -0.183. The molecule has 5 rings (SSSR count). The summed E-state index contributed by atoms with van der Waals surface area (Å²) in [6.45, 7) is 4.65. The molecule has 0 unspecified atom stereocenters. The summed E-state index contributed by atoms with van der Waals surface area (Å²) >= 11 is 1.18. The molecule has 0 atom stereocenters. The smallest absolute Gasteiger partial charge is 0.286 e. The Labute approximate surface area is 207 Å². The van der Waals surface area contributed by atoms with Crippen molar-refractivity contribution in [1.29, 1.82) is 0 Å². The highest BCUT2D eigenvalue weighted by molar-refractivity contribution is 7.13. The van der Waals surface area contributed by atoms with Gasteiger partial charge in [-0.15, -0.1) is 10.2 Å². The molecular formula is C25H26N4O5S. The number of nitrogens with one attached hydrogen (secondary N) is 1. The van der Waals surface area contributed by atoms with Gasteiger partial charge in [0.05, 0.1) is 13.2 Å². The number of carbonyl (C=O) groups excluding carboxylic acids is 2. The first kappa shape index (κ1) is 23.4. The molecule has 0 bridgehead atoms. The first-order valence-electron chi connectivity index (χ1n) is 11.5. The number of nitrogens with zero attached hydrogens (tertiary/aromatic N) is 3. The summed E-state index contributed by atoms with van der Waals surface area (Å²) in [4.78, 5) is 27.3. The van der Waals surface area contributed by atoms with Crippen molar-refractivity contribution in [3.05, 3.63) is 69.7 Å². The second-order valence-corrected chi connectivity index (χ2v) is 9.60. The van der Waals surface area contributed by atoms with Crippen LogP contribution >= 0.6 is 11.3 Å². The van der Waals surface area contributed by atoms with Crippen LogP contribution in [-0.2, 0) is 16.1 Å². The number of aryl methyl sites for hydroxylation is 1. The zero-order chi connectivity index (χ0) is 24.3. The first-order valence-corrected chi connectivity index (χ1v) is 12.3. The number of anilines is 1. The third kappa shape index (κ3) is 5.50. The van der Waals surface area contributed by atoms with E-state index in [0.29, 0.717) is 55.4 Å². The normalized spacial score (nSPS) is 16.9. The van der Waals surface area contributed by atoms with Crippen molar-refractivity contribution in [2.24, 2.45) is 0 Å². The fraction of sp³-hybridized carbons (Fsp3) is 0.360. The van der Waals surface area contributed by atoms with Crippen LogP contribution in [-0.4, -0.2) is 59.0 Å². The molecule has 2 aliphatic heterocycles. The quantitative estimate of drug-likeness (QED) is 0.558. The molecule has 2 fully saturated rings. The Balaban J connectivity index is 1.13. The Morgan fingerprint density at radius 2 is 1.71 bits per heavy atom. The molecule has 182 valence electrons. The maximum Gasteiger partial charge on any atom is 0.286 e. The highest BCUT2D eigenvalue weighted by Gasteiger charge is 2.40. The van der Waals surface area contributed by atoms with Crippen LogP contribution in [0, 0.1) is 6.92 Å². The third-order valence-electron chi connectivity index (χ3n) is 6.06. The van der Waals surface area contributed by atoms with Crippen molar-refractivity contribution in [3.63, 3.8) is 0 Å². The molecule has 0 radical (unpaired) electrons. The van der Waals surface area contributed by atoms with E-state index in [-0.39, 0.29) is 23.4 Å². The Morgan fingerprint density at radius 1 is 1.03 bits per heavy atom. The number of benzene rings is 2. The summed E-state index contributed by atoms with van der Waals surface area (Å²) in [5.41, 5.74) is 2.29. The average molecular weight is 495 g/mol. The van der Waals surface area contributed by atoms with Crippen molar-refractivity contribution in [2.75, 3.05) is 31.6 Å². The lowest BCUT2D eigenvalue weighted by molar-refractivity contribution is -0.181. The topological polar surface area (TPSA) is 103 Å². The van der Waals surface area contributed by atoms with Crippen molar-refractivity contribution in [2.45, 2.75) is 32.2 Å². The fourth-order valence-electron chi connectivity index (χ4n) is 4.08. The van der Waals surface area contributed by atoms with Crippen LogP contribution in [0.25, 0.3) is 0 Å². The van der Waals surface area contributed by atoms with E-state index in [1.807, 2.05) is 36.1 Å². The second-order valence-electron chi connectivity index (χ2n) is 8.53. The highest BCUT2D eigenvalue weighted by atomic mass is 32.1. The first-order chi connectivity index (χ1) is 17.0. The van der Waals surface area contributed by atoms with E-state index in [0.717, 1.165) is 11.3 Å².